The van der Waals surface area contributed by atoms with E-state index in [0.717, 1.165) is 34.1 Å². The highest BCUT2D eigenvalue weighted by Gasteiger charge is 2.33. The lowest BCUT2D eigenvalue weighted by atomic mass is 10.1. The number of anilines is 1. The van der Waals surface area contributed by atoms with Crippen LogP contribution in [0.15, 0.2) is 22.7 Å². The zero-order valence-electron chi connectivity index (χ0n) is 9.78. The minimum Gasteiger partial charge on any atom is -0.392 e. The Morgan fingerprint density at radius 3 is 2.75 bits per heavy atom. The first-order valence-electron chi connectivity index (χ1n) is 5.72. The maximum absolute atomic E-state index is 9.32. The van der Waals surface area contributed by atoms with Crippen LogP contribution in [0, 0.1) is 11.8 Å². The van der Waals surface area contributed by atoms with Crippen molar-refractivity contribution in [1.29, 1.82) is 0 Å². The number of nitrogens with zero attached hydrogens (tertiary/aromatic N) is 1. The maximum atomic E-state index is 9.32. The summed E-state index contributed by atoms with van der Waals surface area (Å²) < 4.78 is 1.07. The van der Waals surface area contributed by atoms with Gasteiger partial charge in [-0.25, -0.2) is 0 Å². The molecule has 0 aromatic heterocycles. The molecule has 1 aromatic carbocycles. The zero-order valence-corrected chi connectivity index (χ0v) is 11.4. The minimum atomic E-state index is 0.104. The monoisotopic (exact) mass is 283 g/mol. The van der Waals surface area contributed by atoms with Crippen molar-refractivity contribution in [1.82, 2.24) is 0 Å². The summed E-state index contributed by atoms with van der Waals surface area (Å²) in [4.78, 5) is 2.25. The maximum Gasteiger partial charge on any atom is 0.0702 e. The van der Waals surface area contributed by atoms with Gasteiger partial charge in [-0.3, -0.25) is 0 Å². The Kier molecular flexibility index (Phi) is 3.55. The van der Waals surface area contributed by atoms with Gasteiger partial charge in [0, 0.05) is 29.3 Å². The number of halogens is 1. The normalized spacial score (nSPS) is 23.2. The van der Waals surface area contributed by atoms with Crippen molar-refractivity contribution < 1.29 is 5.11 Å². The SMILES string of the molecule is CC1CC1CN(C)c1cc(Br)ccc1CO. The molecule has 0 bridgehead atoms. The van der Waals surface area contributed by atoms with Crippen LogP contribution in [-0.4, -0.2) is 18.7 Å². The number of rotatable bonds is 4. The van der Waals surface area contributed by atoms with Crippen LogP contribution < -0.4 is 4.90 Å². The Hall–Kier alpha value is -0.540. The van der Waals surface area contributed by atoms with Crippen LogP contribution in [-0.2, 0) is 6.61 Å². The number of hydrogen-bond acceptors (Lipinski definition) is 2. The largest absolute Gasteiger partial charge is 0.392 e. The number of aliphatic hydroxyl groups excluding tert-OH is 1. The Bertz CT molecular complexity index is 380. The highest BCUT2D eigenvalue weighted by molar-refractivity contribution is 9.10. The van der Waals surface area contributed by atoms with Crippen molar-refractivity contribution in [3.05, 3.63) is 28.2 Å². The van der Waals surface area contributed by atoms with E-state index < -0.39 is 0 Å². The second-order valence-electron chi connectivity index (χ2n) is 4.78. The molecule has 88 valence electrons. The van der Waals surface area contributed by atoms with Gasteiger partial charge in [-0.15, -0.1) is 0 Å². The molecule has 0 amide bonds. The predicted octanol–water partition coefficient (Wildman–Crippen LogP) is 3.03. The molecule has 1 aromatic rings. The van der Waals surface area contributed by atoms with E-state index in [0.29, 0.717) is 0 Å². The third-order valence-corrected chi connectivity index (χ3v) is 3.91. The molecule has 0 saturated heterocycles. The van der Waals surface area contributed by atoms with Crippen LogP contribution in [0.4, 0.5) is 5.69 Å². The van der Waals surface area contributed by atoms with Gasteiger partial charge in [-0.1, -0.05) is 28.9 Å². The van der Waals surface area contributed by atoms with Crippen molar-refractivity contribution in [3.63, 3.8) is 0 Å². The van der Waals surface area contributed by atoms with Crippen molar-refractivity contribution in [2.45, 2.75) is 20.0 Å². The van der Waals surface area contributed by atoms with Gasteiger partial charge in [0.05, 0.1) is 6.61 Å². The van der Waals surface area contributed by atoms with E-state index in [9.17, 15) is 5.11 Å². The number of hydrogen-bond donors (Lipinski definition) is 1. The first-order valence-corrected chi connectivity index (χ1v) is 6.51. The van der Waals surface area contributed by atoms with Gasteiger partial charge in [0.2, 0.25) is 0 Å². The molecule has 0 spiro atoms. The van der Waals surface area contributed by atoms with E-state index in [1.807, 2.05) is 12.1 Å². The van der Waals surface area contributed by atoms with Crippen molar-refractivity contribution in [2.75, 3.05) is 18.5 Å². The quantitative estimate of drug-likeness (QED) is 0.918. The van der Waals surface area contributed by atoms with Gasteiger partial charge < -0.3 is 10.0 Å². The first kappa shape index (κ1) is 11.9. The lowest BCUT2D eigenvalue weighted by Gasteiger charge is -2.22. The molecule has 2 rings (SSSR count). The Labute approximate surface area is 105 Å². The molecule has 2 unspecified atom stereocenters. The van der Waals surface area contributed by atoms with E-state index in [1.165, 1.54) is 6.42 Å². The fourth-order valence-corrected chi connectivity index (χ4v) is 2.48. The van der Waals surface area contributed by atoms with E-state index in [4.69, 9.17) is 0 Å². The van der Waals surface area contributed by atoms with Gasteiger partial charge in [0.1, 0.15) is 0 Å². The smallest absolute Gasteiger partial charge is 0.0702 e. The van der Waals surface area contributed by atoms with Crippen molar-refractivity contribution >= 4 is 21.6 Å². The lowest BCUT2D eigenvalue weighted by Crippen LogP contribution is -2.21. The van der Waals surface area contributed by atoms with Crippen LogP contribution in [0.1, 0.15) is 18.9 Å². The van der Waals surface area contributed by atoms with Crippen LogP contribution in [0.3, 0.4) is 0 Å². The van der Waals surface area contributed by atoms with Crippen LogP contribution in [0.25, 0.3) is 0 Å². The van der Waals surface area contributed by atoms with Crippen molar-refractivity contribution in [3.8, 4) is 0 Å². The molecule has 2 atom stereocenters. The van der Waals surface area contributed by atoms with Crippen LogP contribution in [0.2, 0.25) is 0 Å². The molecular formula is C13H18BrNO. The van der Waals surface area contributed by atoms with E-state index >= 15 is 0 Å². The molecule has 1 fully saturated rings. The number of aliphatic hydroxyl groups is 1. The van der Waals surface area contributed by atoms with E-state index in [2.05, 4.69) is 40.9 Å². The standard InChI is InChI=1S/C13H18BrNO/c1-9-5-11(9)7-15(2)13-6-12(14)4-3-10(13)8-16/h3-4,6,9,11,16H,5,7-8H2,1-2H3. The molecule has 16 heavy (non-hydrogen) atoms. The number of benzene rings is 1. The molecule has 0 aliphatic heterocycles. The summed E-state index contributed by atoms with van der Waals surface area (Å²) in [5, 5.41) is 9.32. The topological polar surface area (TPSA) is 23.5 Å². The zero-order chi connectivity index (χ0) is 11.7. The second kappa shape index (κ2) is 4.76. The Balaban J connectivity index is 2.13. The van der Waals surface area contributed by atoms with Gasteiger partial charge in [-0.05, 0) is 30.4 Å². The Morgan fingerprint density at radius 1 is 1.50 bits per heavy atom. The van der Waals surface area contributed by atoms with Gasteiger partial charge in [0.25, 0.3) is 0 Å². The summed E-state index contributed by atoms with van der Waals surface area (Å²) in [7, 11) is 2.10. The van der Waals surface area contributed by atoms with E-state index in [-0.39, 0.29) is 6.61 Å². The highest BCUT2D eigenvalue weighted by Crippen LogP contribution is 2.39. The fraction of sp³-hybridized carbons (Fsp3) is 0.538. The van der Waals surface area contributed by atoms with E-state index in [1.54, 1.807) is 0 Å². The molecular weight excluding hydrogens is 266 g/mol. The summed E-state index contributed by atoms with van der Waals surface area (Å²) in [5.41, 5.74) is 2.13. The van der Waals surface area contributed by atoms with Gasteiger partial charge >= 0.3 is 0 Å². The average molecular weight is 284 g/mol. The van der Waals surface area contributed by atoms with Crippen LogP contribution in [0.5, 0.6) is 0 Å². The Morgan fingerprint density at radius 2 is 2.19 bits per heavy atom. The highest BCUT2D eigenvalue weighted by atomic mass is 79.9. The summed E-state index contributed by atoms with van der Waals surface area (Å²) in [6.07, 6.45) is 1.34. The molecule has 3 heteroatoms. The minimum absolute atomic E-state index is 0.104. The fourth-order valence-electron chi connectivity index (χ4n) is 2.13. The second-order valence-corrected chi connectivity index (χ2v) is 5.70. The molecule has 1 aliphatic rings. The predicted molar refractivity (Wildman–Crippen MR) is 70.6 cm³/mol. The molecule has 1 aliphatic carbocycles. The van der Waals surface area contributed by atoms with Gasteiger partial charge in [0.15, 0.2) is 0 Å². The average Bonchev–Trinajstić information content (AvgIpc) is 2.94. The lowest BCUT2D eigenvalue weighted by molar-refractivity contribution is 0.282. The van der Waals surface area contributed by atoms with Crippen LogP contribution >= 0.6 is 15.9 Å². The summed E-state index contributed by atoms with van der Waals surface area (Å²) in [6, 6.07) is 6.04. The summed E-state index contributed by atoms with van der Waals surface area (Å²) in [5.74, 6) is 1.70. The molecule has 0 radical (unpaired) electrons. The first-order chi connectivity index (χ1) is 7.61. The molecule has 0 heterocycles. The van der Waals surface area contributed by atoms with Gasteiger partial charge in [-0.2, -0.15) is 0 Å². The van der Waals surface area contributed by atoms with Crippen molar-refractivity contribution in [2.24, 2.45) is 11.8 Å². The third kappa shape index (κ3) is 2.58. The summed E-state index contributed by atoms with van der Waals surface area (Å²) >= 11 is 3.48. The molecule has 2 nitrogen and oxygen atoms in total. The third-order valence-electron chi connectivity index (χ3n) is 3.41. The molecule has 1 N–H and O–H groups in total. The molecule has 1 saturated carbocycles. The summed E-state index contributed by atoms with van der Waals surface area (Å²) in [6.45, 7) is 3.49.